The smallest absolute Gasteiger partial charge is 0.298 e. The highest BCUT2D eigenvalue weighted by Gasteiger charge is 2.09. The summed E-state index contributed by atoms with van der Waals surface area (Å²) in [7, 11) is 1.76. The molecule has 9 heteroatoms. The highest BCUT2D eigenvalue weighted by atomic mass is 32.1. The number of aromatic nitrogens is 5. The van der Waals surface area contributed by atoms with Gasteiger partial charge in [-0.15, -0.1) is 11.3 Å². The second kappa shape index (κ2) is 10.5. The predicted molar refractivity (Wildman–Crippen MR) is 130 cm³/mol. The van der Waals surface area contributed by atoms with Gasteiger partial charge in [0.2, 0.25) is 5.95 Å². The number of carbonyl (C=O) groups excluding carboxylic acids is 1. The van der Waals surface area contributed by atoms with Crippen molar-refractivity contribution in [2.45, 2.75) is 19.9 Å². The average Bonchev–Trinajstić information content (AvgIpc) is 3.52. The zero-order valence-electron chi connectivity index (χ0n) is 18.4. The number of benzene rings is 1. The van der Waals surface area contributed by atoms with Crippen molar-refractivity contribution in [3.63, 3.8) is 0 Å². The normalized spacial score (nSPS) is 12.4. The van der Waals surface area contributed by atoms with Crippen molar-refractivity contribution >= 4 is 28.9 Å². The molecule has 1 amide bonds. The summed E-state index contributed by atoms with van der Waals surface area (Å²) in [6, 6.07) is 12.0. The van der Waals surface area contributed by atoms with E-state index in [0.29, 0.717) is 5.95 Å². The van der Waals surface area contributed by atoms with E-state index >= 15 is 0 Å². The van der Waals surface area contributed by atoms with Crippen LogP contribution in [0.25, 0.3) is 22.0 Å². The number of rotatable bonds is 5. The van der Waals surface area contributed by atoms with Gasteiger partial charge in [-0.05, 0) is 18.9 Å². The monoisotopic (exact) mass is 457 g/mol. The molecule has 0 fully saturated rings. The number of thiazole rings is 1. The van der Waals surface area contributed by atoms with Gasteiger partial charge in [-0.2, -0.15) is 5.10 Å². The van der Waals surface area contributed by atoms with Gasteiger partial charge in [0.15, 0.2) is 0 Å². The second-order valence-electron chi connectivity index (χ2n) is 7.16. The van der Waals surface area contributed by atoms with Crippen LogP contribution >= 0.6 is 11.3 Å². The third-order valence-corrected chi connectivity index (χ3v) is 5.66. The number of hydrogen-bond acceptors (Lipinski definition) is 7. The lowest BCUT2D eigenvalue weighted by Crippen LogP contribution is -2.28. The largest absolute Gasteiger partial charge is 0.334 e. The van der Waals surface area contributed by atoms with E-state index in [0.717, 1.165) is 47.2 Å². The molecule has 1 aliphatic rings. The molecule has 0 bridgehead atoms. The van der Waals surface area contributed by atoms with E-state index in [9.17, 15) is 4.79 Å². The van der Waals surface area contributed by atoms with Gasteiger partial charge < -0.3 is 10.2 Å². The van der Waals surface area contributed by atoms with Gasteiger partial charge in [-0.3, -0.25) is 9.48 Å². The zero-order chi connectivity index (χ0) is 23.0. The molecule has 1 aliphatic heterocycles. The van der Waals surface area contributed by atoms with Crippen LogP contribution in [-0.2, 0) is 11.3 Å². The van der Waals surface area contributed by atoms with Crippen LogP contribution in [0.4, 0.5) is 11.6 Å². The first-order chi connectivity index (χ1) is 16.1. The quantitative estimate of drug-likeness (QED) is 0.454. The maximum atomic E-state index is 10.5. The molecule has 0 radical (unpaired) electrons. The van der Waals surface area contributed by atoms with Gasteiger partial charge in [0.1, 0.15) is 10.7 Å². The van der Waals surface area contributed by atoms with E-state index in [1.807, 2.05) is 47.4 Å². The maximum Gasteiger partial charge on any atom is 0.298 e. The fourth-order valence-electron chi connectivity index (χ4n) is 2.96. The first-order valence-corrected chi connectivity index (χ1v) is 11.4. The molecular weight excluding hydrogens is 434 g/mol. The van der Waals surface area contributed by atoms with Gasteiger partial charge in [-0.25, -0.2) is 15.0 Å². The van der Waals surface area contributed by atoms with Crippen LogP contribution in [0.2, 0.25) is 0 Å². The SMILES string of the molecule is CCn1cc(Nc2nccc(-c3csc(-c4ccccc4)n3)n2)cn1.CN1CCC#CC1=O. The summed E-state index contributed by atoms with van der Waals surface area (Å²) in [6.07, 6.45) is 6.24. The molecular formula is C24H23N7OS. The predicted octanol–water partition coefficient (Wildman–Crippen LogP) is 4.08. The van der Waals surface area contributed by atoms with E-state index in [4.69, 9.17) is 4.98 Å². The molecule has 0 spiro atoms. The summed E-state index contributed by atoms with van der Waals surface area (Å²) in [5, 5.41) is 10.4. The Morgan fingerprint density at radius 2 is 2.00 bits per heavy atom. The first kappa shape index (κ1) is 22.2. The molecule has 33 heavy (non-hydrogen) atoms. The molecule has 166 valence electrons. The molecule has 3 aromatic heterocycles. The third kappa shape index (κ3) is 5.81. The van der Waals surface area contributed by atoms with Crippen LogP contribution in [0.5, 0.6) is 0 Å². The molecule has 0 atom stereocenters. The first-order valence-electron chi connectivity index (χ1n) is 10.5. The van der Waals surface area contributed by atoms with Crippen LogP contribution in [0, 0.1) is 11.8 Å². The summed E-state index contributed by atoms with van der Waals surface area (Å²) in [5.74, 6) is 5.66. The number of nitrogens with one attached hydrogen (secondary N) is 1. The Labute approximate surface area is 196 Å². The van der Waals surface area contributed by atoms with Crippen molar-refractivity contribution in [3.8, 4) is 33.8 Å². The van der Waals surface area contributed by atoms with Crippen LogP contribution in [0.1, 0.15) is 13.3 Å². The fraction of sp³-hybridized carbons (Fsp3) is 0.208. The van der Waals surface area contributed by atoms with Crippen molar-refractivity contribution in [2.75, 3.05) is 18.9 Å². The van der Waals surface area contributed by atoms with Crippen LogP contribution in [-0.4, -0.2) is 49.1 Å². The number of carbonyl (C=O) groups is 1. The zero-order valence-corrected chi connectivity index (χ0v) is 19.2. The molecule has 0 unspecified atom stereocenters. The minimum atomic E-state index is -0.0590. The minimum absolute atomic E-state index is 0.0590. The van der Waals surface area contributed by atoms with Crippen molar-refractivity contribution in [3.05, 3.63) is 60.4 Å². The number of amides is 1. The molecule has 5 rings (SSSR count). The highest BCUT2D eigenvalue weighted by Crippen LogP contribution is 2.28. The van der Waals surface area contributed by atoms with E-state index < -0.39 is 0 Å². The van der Waals surface area contributed by atoms with Crippen molar-refractivity contribution < 1.29 is 4.79 Å². The van der Waals surface area contributed by atoms with Gasteiger partial charge >= 0.3 is 0 Å². The molecule has 8 nitrogen and oxygen atoms in total. The number of nitrogens with zero attached hydrogens (tertiary/aromatic N) is 6. The number of anilines is 2. The lowest BCUT2D eigenvalue weighted by atomic mass is 10.2. The Balaban J connectivity index is 0.000000275. The summed E-state index contributed by atoms with van der Waals surface area (Å²) in [5.41, 5.74) is 3.61. The van der Waals surface area contributed by atoms with Gasteiger partial charge in [-0.1, -0.05) is 36.3 Å². The molecule has 4 heterocycles. The van der Waals surface area contributed by atoms with Crippen LogP contribution in [0.15, 0.2) is 60.4 Å². The van der Waals surface area contributed by atoms with Crippen molar-refractivity contribution in [1.82, 2.24) is 29.6 Å². The lowest BCUT2D eigenvalue weighted by molar-refractivity contribution is -0.124. The van der Waals surface area contributed by atoms with Gasteiger partial charge in [0, 0.05) is 49.9 Å². The molecule has 1 aromatic carbocycles. The van der Waals surface area contributed by atoms with E-state index in [2.05, 4.69) is 44.4 Å². The number of aryl methyl sites for hydroxylation is 1. The molecule has 0 aliphatic carbocycles. The van der Waals surface area contributed by atoms with Crippen LogP contribution < -0.4 is 5.32 Å². The molecule has 1 N–H and O–H groups in total. The highest BCUT2D eigenvalue weighted by molar-refractivity contribution is 7.13. The van der Waals surface area contributed by atoms with Crippen LogP contribution in [0.3, 0.4) is 0 Å². The number of hydrogen-bond donors (Lipinski definition) is 1. The molecule has 0 saturated heterocycles. The Kier molecular flexibility index (Phi) is 7.07. The Morgan fingerprint density at radius 1 is 1.15 bits per heavy atom. The third-order valence-electron chi connectivity index (χ3n) is 4.77. The summed E-state index contributed by atoms with van der Waals surface area (Å²) >= 11 is 1.61. The topological polar surface area (TPSA) is 88.8 Å². The Hall–Kier alpha value is -4.03. The summed E-state index contributed by atoms with van der Waals surface area (Å²) in [6.45, 7) is 3.65. The maximum absolute atomic E-state index is 10.5. The summed E-state index contributed by atoms with van der Waals surface area (Å²) < 4.78 is 1.85. The summed E-state index contributed by atoms with van der Waals surface area (Å²) in [4.78, 5) is 25.7. The van der Waals surface area contributed by atoms with E-state index in [1.54, 1.807) is 35.7 Å². The standard InChI is InChI=1S/C18H16N6S.C6H7NO/c1-2-24-11-14(10-20-24)21-18-19-9-8-15(23-18)16-12-25-17(22-16)13-6-4-3-5-7-13;1-7-5-3-2-4-6(7)8/h3-12H,2H2,1H3,(H,19,21,23);3,5H2,1H3. The average molecular weight is 458 g/mol. The second-order valence-corrected chi connectivity index (χ2v) is 8.02. The molecule has 4 aromatic rings. The lowest BCUT2D eigenvalue weighted by Gasteiger charge is -2.13. The van der Waals surface area contributed by atoms with E-state index in [1.165, 1.54) is 0 Å². The van der Waals surface area contributed by atoms with E-state index in [-0.39, 0.29) is 5.91 Å². The Bertz CT molecular complexity index is 1290. The van der Waals surface area contributed by atoms with Crippen molar-refractivity contribution in [2.24, 2.45) is 0 Å². The Morgan fingerprint density at radius 3 is 2.70 bits per heavy atom. The van der Waals surface area contributed by atoms with Crippen molar-refractivity contribution in [1.29, 1.82) is 0 Å². The van der Waals surface area contributed by atoms with Gasteiger partial charge in [0.05, 0.1) is 17.6 Å². The fourth-order valence-corrected chi connectivity index (χ4v) is 3.78. The molecule has 0 saturated carbocycles. The minimum Gasteiger partial charge on any atom is -0.334 e. The van der Waals surface area contributed by atoms with Gasteiger partial charge in [0.25, 0.3) is 5.91 Å².